The summed E-state index contributed by atoms with van der Waals surface area (Å²) in [6.45, 7) is 13.4. The SMILES string of the molecule is CNC(C(=O)NN(Cc1ccccc1)CC1CB(C#N)C(C)(C)O1)C(C)(C)C.COC=O.Cc1ccc(-c2nccs2)cc1. The minimum atomic E-state index is -0.471. The fraction of sp³-hybridized carbons (Fsp3) is 0.455. The second-order valence-corrected chi connectivity index (χ2v) is 13.1. The number of hydrogen-bond donors (Lipinski definition) is 2. The number of likely N-dealkylation sites (N-methyl/N-ethyl adjacent to an activating group) is 1. The van der Waals surface area contributed by atoms with Crippen LogP contribution in [0.25, 0.3) is 10.6 Å². The number of aryl methyl sites for hydroxylation is 1. The maximum atomic E-state index is 12.9. The lowest BCUT2D eigenvalue weighted by molar-refractivity contribution is -0.132. The van der Waals surface area contributed by atoms with E-state index in [0.717, 1.165) is 10.6 Å². The van der Waals surface area contributed by atoms with Crippen molar-refractivity contribution >= 4 is 30.4 Å². The summed E-state index contributed by atoms with van der Waals surface area (Å²) in [4.78, 5) is 26.1. The van der Waals surface area contributed by atoms with Crippen LogP contribution in [0.4, 0.5) is 0 Å². The molecule has 2 unspecified atom stereocenters. The van der Waals surface area contributed by atoms with Crippen LogP contribution in [0.5, 0.6) is 0 Å². The van der Waals surface area contributed by atoms with Gasteiger partial charge in [0.25, 0.3) is 12.4 Å². The van der Waals surface area contributed by atoms with E-state index >= 15 is 0 Å². The lowest BCUT2D eigenvalue weighted by atomic mass is 9.40. The van der Waals surface area contributed by atoms with Gasteiger partial charge in [-0.05, 0) is 45.1 Å². The summed E-state index contributed by atoms with van der Waals surface area (Å²) in [6.07, 6.45) is 2.39. The molecule has 11 heteroatoms. The van der Waals surface area contributed by atoms with Crippen LogP contribution in [0.3, 0.4) is 0 Å². The first-order valence-electron chi connectivity index (χ1n) is 14.6. The zero-order valence-electron chi connectivity index (χ0n) is 27.2. The average Bonchev–Trinajstić information content (AvgIpc) is 3.61. The van der Waals surface area contributed by atoms with Gasteiger partial charge in [-0.15, -0.1) is 11.3 Å². The fourth-order valence-electron chi connectivity index (χ4n) is 4.87. The van der Waals surface area contributed by atoms with Crippen molar-refractivity contribution in [1.82, 2.24) is 20.7 Å². The number of thiazole rings is 1. The van der Waals surface area contributed by atoms with E-state index in [1.807, 2.05) is 81.5 Å². The van der Waals surface area contributed by atoms with Crippen molar-refractivity contribution in [2.24, 2.45) is 5.41 Å². The molecule has 1 aliphatic rings. The number of nitriles is 1. The van der Waals surface area contributed by atoms with Gasteiger partial charge in [0.1, 0.15) is 5.01 Å². The predicted octanol–water partition coefficient (Wildman–Crippen LogP) is 5.34. The summed E-state index contributed by atoms with van der Waals surface area (Å²) >= 11 is 1.67. The van der Waals surface area contributed by atoms with E-state index in [0.29, 0.717) is 25.9 Å². The lowest BCUT2D eigenvalue weighted by Gasteiger charge is -2.33. The van der Waals surface area contributed by atoms with Gasteiger partial charge in [0.2, 0.25) is 0 Å². The summed E-state index contributed by atoms with van der Waals surface area (Å²) in [5.41, 5.74) is 5.99. The van der Waals surface area contributed by atoms with E-state index in [1.54, 1.807) is 18.4 Å². The third-order valence-electron chi connectivity index (χ3n) is 7.12. The van der Waals surface area contributed by atoms with Crippen LogP contribution in [-0.4, -0.2) is 67.4 Å². The first-order valence-corrected chi connectivity index (χ1v) is 15.5. The number of carbonyl (C=O) groups excluding carboxylic acids is 2. The molecule has 0 spiro atoms. The molecule has 44 heavy (non-hydrogen) atoms. The van der Waals surface area contributed by atoms with Crippen LogP contribution in [-0.2, 0) is 25.6 Å². The van der Waals surface area contributed by atoms with Gasteiger partial charge in [-0.3, -0.25) is 15.0 Å². The van der Waals surface area contributed by atoms with Crippen molar-refractivity contribution in [2.75, 3.05) is 20.7 Å². The van der Waals surface area contributed by atoms with E-state index in [9.17, 15) is 10.1 Å². The number of benzene rings is 2. The number of hydrogen-bond acceptors (Lipinski definition) is 9. The number of amides is 1. The van der Waals surface area contributed by atoms with Crippen LogP contribution < -0.4 is 10.7 Å². The molecule has 0 radical (unpaired) electrons. The van der Waals surface area contributed by atoms with E-state index in [4.69, 9.17) is 9.53 Å². The minimum absolute atomic E-state index is 0.0694. The molecule has 236 valence electrons. The molecule has 2 aromatic carbocycles. The smallest absolute Gasteiger partial charge is 0.304 e. The first kappa shape index (κ1) is 36.6. The van der Waals surface area contributed by atoms with Gasteiger partial charge in [0.15, 0.2) is 0 Å². The van der Waals surface area contributed by atoms with Crippen molar-refractivity contribution < 1.29 is 19.1 Å². The largest absolute Gasteiger partial charge is 0.471 e. The molecule has 0 bridgehead atoms. The van der Waals surface area contributed by atoms with Crippen molar-refractivity contribution in [3.8, 4) is 16.5 Å². The Morgan fingerprint density at radius 1 is 1.25 bits per heavy atom. The molecular formula is C33H46BN5O4S. The molecule has 4 rings (SSSR count). The number of aromatic nitrogens is 1. The number of ether oxygens (including phenoxy) is 2. The monoisotopic (exact) mass is 619 g/mol. The minimum Gasteiger partial charge on any atom is -0.471 e. The Hall–Kier alpha value is -3.56. The quantitative estimate of drug-likeness (QED) is 0.188. The third-order valence-corrected chi connectivity index (χ3v) is 7.94. The molecule has 1 aliphatic heterocycles. The van der Waals surface area contributed by atoms with Crippen molar-refractivity contribution in [1.29, 1.82) is 5.26 Å². The Balaban J connectivity index is 0.000000344. The Morgan fingerprint density at radius 2 is 1.89 bits per heavy atom. The van der Waals surface area contributed by atoms with Crippen LogP contribution in [0.2, 0.25) is 6.32 Å². The second-order valence-electron chi connectivity index (χ2n) is 12.2. The Bertz CT molecular complexity index is 1310. The van der Waals surface area contributed by atoms with E-state index in [2.05, 4.69) is 57.6 Å². The Labute approximate surface area is 267 Å². The molecule has 1 aromatic heterocycles. The summed E-state index contributed by atoms with van der Waals surface area (Å²) in [6, 6.07) is 18.1. The molecule has 2 heterocycles. The molecule has 1 amide bonds. The van der Waals surface area contributed by atoms with Gasteiger partial charge in [-0.2, -0.15) is 0 Å². The summed E-state index contributed by atoms with van der Waals surface area (Å²) in [5.74, 6) is 2.28. The summed E-state index contributed by atoms with van der Waals surface area (Å²) < 4.78 is 9.99. The molecule has 1 fully saturated rings. The highest BCUT2D eigenvalue weighted by molar-refractivity contribution is 7.13. The number of nitrogens with one attached hydrogen (secondary N) is 2. The van der Waals surface area contributed by atoms with Gasteiger partial charge in [-0.25, -0.2) is 15.3 Å². The van der Waals surface area contributed by atoms with Crippen molar-refractivity contribution in [3.63, 3.8) is 0 Å². The van der Waals surface area contributed by atoms with E-state index < -0.39 is 5.50 Å². The average molecular weight is 620 g/mol. The summed E-state index contributed by atoms with van der Waals surface area (Å²) in [5, 5.41) is 17.5. The zero-order chi connectivity index (χ0) is 32.8. The summed E-state index contributed by atoms with van der Waals surface area (Å²) in [7, 11) is 3.12. The maximum absolute atomic E-state index is 12.9. The molecule has 3 aromatic rings. The highest BCUT2D eigenvalue weighted by atomic mass is 32.1. The standard InChI is InChI=1S/C21H33BN4O2.C10H9NS.C2H4O2/c1-20(2,3)18(24-6)19(27)25-26(13-16-10-8-7-9-11-16)14-17-12-22(15-23)21(4,5)28-17;1-8-2-4-9(5-3-8)10-11-6-7-12-10;1-4-2-3/h7-11,17-18,24H,12-14H2,1-6H3,(H,25,27);2-7H,1H3;2H,1H3. The lowest BCUT2D eigenvalue weighted by Crippen LogP contribution is -2.56. The number of methoxy groups -OCH3 is 1. The molecule has 9 nitrogen and oxygen atoms in total. The van der Waals surface area contributed by atoms with Crippen LogP contribution in [0.15, 0.2) is 66.2 Å². The number of carbonyl (C=O) groups is 2. The number of hydrazine groups is 1. The Kier molecular flexibility index (Phi) is 14.7. The highest BCUT2D eigenvalue weighted by Crippen LogP contribution is 2.30. The van der Waals surface area contributed by atoms with Crippen molar-refractivity contribution in [3.05, 3.63) is 77.3 Å². The molecule has 2 atom stereocenters. The van der Waals surface area contributed by atoms with Crippen LogP contribution in [0.1, 0.15) is 45.7 Å². The molecule has 2 N–H and O–H groups in total. The van der Waals surface area contributed by atoms with Gasteiger partial charge in [0, 0.05) is 36.2 Å². The molecular weight excluding hydrogens is 573 g/mol. The van der Waals surface area contributed by atoms with Gasteiger partial charge >= 0.3 is 6.71 Å². The predicted molar refractivity (Wildman–Crippen MR) is 178 cm³/mol. The van der Waals surface area contributed by atoms with E-state index in [1.165, 1.54) is 18.2 Å². The molecule has 0 aliphatic carbocycles. The van der Waals surface area contributed by atoms with Gasteiger partial charge < -0.3 is 14.8 Å². The highest BCUT2D eigenvalue weighted by Gasteiger charge is 2.46. The first-order chi connectivity index (χ1) is 20.8. The number of rotatable bonds is 9. The molecule has 0 saturated carbocycles. The van der Waals surface area contributed by atoms with Crippen LogP contribution in [0, 0.1) is 23.6 Å². The molecule has 1 saturated heterocycles. The van der Waals surface area contributed by atoms with Gasteiger partial charge in [-0.1, -0.05) is 80.9 Å². The normalized spacial score (nSPS) is 16.0. The number of nitrogens with zero attached hydrogens (tertiary/aromatic N) is 3. The Morgan fingerprint density at radius 3 is 2.36 bits per heavy atom. The van der Waals surface area contributed by atoms with Crippen molar-refractivity contribution in [2.45, 2.75) is 72.1 Å². The van der Waals surface area contributed by atoms with Crippen LogP contribution >= 0.6 is 11.3 Å². The maximum Gasteiger partial charge on any atom is 0.304 e. The fourth-order valence-corrected chi connectivity index (χ4v) is 5.51. The van der Waals surface area contributed by atoms with Gasteiger partial charge in [0.05, 0.1) is 24.8 Å². The zero-order valence-corrected chi connectivity index (χ0v) is 28.0. The topological polar surface area (TPSA) is 117 Å². The van der Waals surface area contributed by atoms with E-state index in [-0.39, 0.29) is 30.2 Å². The third kappa shape index (κ3) is 11.9. The second kappa shape index (κ2) is 17.7.